The smallest absolute Gasteiger partial charge is 0.273 e. The molecular weight excluding hydrogens is 260 g/mol. The Bertz CT molecular complexity index is 432. The van der Waals surface area contributed by atoms with Gasteiger partial charge in [-0.2, -0.15) is 0 Å². The minimum Gasteiger partial charge on any atom is -0.333 e. The third kappa shape index (κ3) is 3.52. The van der Waals surface area contributed by atoms with Crippen molar-refractivity contribution < 1.29 is 4.79 Å². The normalized spacial score (nSPS) is 19.4. The van der Waals surface area contributed by atoms with Crippen molar-refractivity contribution in [2.75, 3.05) is 33.7 Å². The molecule has 6 heteroatoms. The first-order valence-corrected chi connectivity index (χ1v) is 7.60. The zero-order valence-corrected chi connectivity index (χ0v) is 12.4. The molecule has 1 amide bonds. The molecule has 0 bridgehead atoms. The molecule has 19 heavy (non-hydrogen) atoms. The van der Waals surface area contributed by atoms with Gasteiger partial charge in [0.05, 0.1) is 5.01 Å². The van der Waals surface area contributed by atoms with Crippen molar-refractivity contribution >= 4 is 17.2 Å². The van der Waals surface area contributed by atoms with Crippen LogP contribution in [-0.2, 0) is 6.42 Å². The number of carbonyl (C=O) groups is 1. The Labute approximate surface area is 118 Å². The van der Waals surface area contributed by atoms with Gasteiger partial charge < -0.3 is 15.5 Å². The lowest BCUT2D eigenvalue weighted by atomic mass is 10.2. The van der Waals surface area contributed by atoms with Crippen LogP contribution in [0.15, 0.2) is 5.38 Å². The highest BCUT2D eigenvalue weighted by Crippen LogP contribution is 2.21. The summed E-state index contributed by atoms with van der Waals surface area (Å²) in [5, 5.41) is 2.81. The van der Waals surface area contributed by atoms with Crippen molar-refractivity contribution in [1.29, 1.82) is 0 Å². The molecule has 1 atom stereocenters. The van der Waals surface area contributed by atoms with Crippen molar-refractivity contribution in [3.8, 4) is 0 Å². The third-order valence-electron chi connectivity index (χ3n) is 3.34. The number of hydrogen-bond acceptors (Lipinski definition) is 5. The topological polar surface area (TPSA) is 62.5 Å². The fraction of sp³-hybridized carbons (Fsp3) is 0.692. The van der Waals surface area contributed by atoms with E-state index in [-0.39, 0.29) is 5.91 Å². The van der Waals surface area contributed by atoms with E-state index >= 15 is 0 Å². The van der Waals surface area contributed by atoms with Crippen molar-refractivity contribution in [1.82, 2.24) is 14.8 Å². The van der Waals surface area contributed by atoms with Crippen LogP contribution < -0.4 is 5.73 Å². The molecule has 1 aliphatic heterocycles. The summed E-state index contributed by atoms with van der Waals surface area (Å²) < 4.78 is 0. The van der Waals surface area contributed by atoms with E-state index in [9.17, 15) is 4.79 Å². The molecule has 1 saturated heterocycles. The molecule has 5 nitrogen and oxygen atoms in total. The lowest BCUT2D eigenvalue weighted by Crippen LogP contribution is -2.41. The summed E-state index contributed by atoms with van der Waals surface area (Å²) in [4.78, 5) is 21.0. The summed E-state index contributed by atoms with van der Waals surface area (Å²) >= 11 is 1.53. The van der Waals surface area contributed by atoms with E-state index in [1.807, 2.05) is 24.4 Å². The molecule has 0 aromatic carbocycles. The maximum atomic E-state index is 12.5. The SMILES string of the molecule is CN(C)CC1CCCN1C(=O)c1csc(CCN)n1. The van der Waals surface area contributed by atoms with Gasteiger partial charge in [0, 0.05) is 30.9 Å². The second-order valence-electron chi connectivity index (χ2n) is 5.22. The van der Waals surface area contributed by atoms with Crippen LogP contribution in [0.1, 0.15) is 28.3 Å². The Balaban J connectivity index is 2.04. The minimum atomic E-state index is 0.0730. The van der Waals surface area contributed by atoms with E-state index in [0.29, 0.717) is 18.3 Å². The van der Waals surface area contributed by atoms with Crippen molar-refractivity contribution in [3.05, 3.63) is 16.1 Å². The van der Waals surface area contributed by atoms with Gasteiger partial charge in [-0.05, 0) is 33.5 Å². The summed E-state index contributed by atoms with van der Waals surface area (Å²) in [6.07, 6.45) is 2.92. The van der Waals surface area contributed by atoms with Crippen molar-refractivity contribution in [2.24, 2.45) is 5.73 Å². The zero-order valence-electron chi connectivity index (χ0n) is 11.6. The lowest BCUT2D eigenvalue weighted by Gasteiger charge is -2.26. The number of nitrogens with two attached hydrogens (primary N) is 1. The molecule has 1 aromatic heterocycles. The van der Waals surface area contributed by atoms with Crippen molar-refractivity contribution in [2.45, 2.75) is 25.3 Å². The summed E-state index contributed by atoms with van der Waals surface area (Å²) in [6.45, 7) is 2.35. The fourth-order valence-electron chi connectivity index (χ4n) is 2.51. The molecule has 106 valence electrons. The first-order valence-electron chi connectivity index (χ1n) is 6.72. The Morgan fingerprint density at radius 2 is 2.42 bits per heavy atom. The molecule has 2 rings (SSSR count). The maximum absolute atomic E-state index is 12.5. The predicted molar refractivity (Wildman–Crippen MR) is 77.5 cm³/mol. The largest absolute Gasteiger partial charge is 0.333 e. The van der Waals surface area contributed by atoms with Crippen LogP contribution in [-0.4, -0.2) is 60.5 Å². The Morgan fingerprint density at radius 1 is 1.63 bits per heavy atom. The number of rotatable bonds is 5. The van der Waals surface area contributed by atoms with Crippen LogP contribution in [0.5, 0.6) is 0 Å². The Morgan fingerprint density at radius 3 is 3.11 bits per heavy atom. The first-order chi connectivity index (χ1) is 9.11. The Hall–Kier alpha value is -0.980. The third-order valence-corrected chi connectivity index (χ3v) is 4.25. The van der Waals surface area contributed by atoms with Gasteiger partial charge in [-0.25, -0.2) is 4.98 Å². The van der Waals surface area contributed by atoms with Gasteiger partial charge >= 0.3 is 0 Å². The molecule has 1 aliphatic rings. The number of likely N-dealkylation sites (tertiary alicyclic amines) is 1. The molecule has 1 fully saturated rings. The summed E-state index contributed by atoms with van der Waals surface area (Å²) in [5.41, 5.74) is 6.09. The molecule has 0 saturated carbocycles. The summed E-state index contributed by atoms with van der Waals surface area (Å²) in [5.74, 6) is 0.0730. The van der Waals surface area contributed by atoms with E-state index in [4.69, 9.17) is 5.73 Å². The molecule has 1 unspecified atom stereocenters. The van der Waals surface area contributed by atoms with Crippen LogP contribution in [0.3, 0.4) is 0 Å². The fourth-order valence-corrected chi connectivity index (χ4v) is 3.30. The summed E-state index contributed by atoms with van der Waals surface area (Å²) in [6, 6.07) is 0.321. The molecular formula is C13H22N4OS. The quantitative estimate of drug-likeness (QED) is 0.868. The van der Waals surface area contributed by atoms with Crippen LogP contribution in [0.4, 0.5) is 0 Å². The van der Waals surface area contributed by atoms with Crippen LogP contribution in [0, 0.1) is 0 Å². The minimum absolute atomic E-state index is 0.0730. The molecule has 2 N–H and O–H groups in total. The first kappa shape index (κ1) is 14.4. The van der Waals surface area contributed by atoms with Gasteiger partial charge in [0.1, 0.15) is 5.69 Å². The average Bonchev–Trinajstić information content (AvgIpc) is 2.97. The Kier molecular flexibility index (Phi) is 4.90. The highest BCUT2D eigenvalue weighted by molar-refractivity contribution is 7.09. The van der Waals surface area contributed by atoms with Gasteiger partial charge in [-0.1, -0.05) is 0 Å². The zero-order chi connectivity index (χ0) is 13.8. The highest BCUT2D eigenvalue weighted by atomic mass is 32.1. The highest BCUT2D eigenvalue weighted by Gasteiger charge is 2.30. The van der Waals surface area contributed by atoms with E-state index in [0.717, 1.165) is 37.4 Å². The number of nitrogens with zero attached hydrogens (tertiary/aromatic N) is 3. The van der Waals surface area contributed by atoms with Crippen LogP contribution >= 0.6 is 11.3 Å². The number of aromatic nitrogens is 1. The van der Waals surface area contributed by atoms with Gasteiger partial charge in [-0.3, -0.25) is 4.79 Å². The molecule has 0 radical (unpaired) electrons. The molecule has 1 aromatic rings. The van der Waals surface area contributed by atoms with E-state index in [1.165, 1.54) is 11.3 Å². The monoisotopic (exact) mass is 282 g/mol. The van der Waals surface area contributed by atoms with Gasteiger partial charge in [0.25, 0.3) is 5.91 Å². The van der Waals surface area contributed by atoms with Gasteiger partial charge in [-0.15, -0.1) is 11.3 Å². The maximum Gasteiger partial charge on any atom is 0.273 e. The summed E-state index contributed by atoms with van der Waals surface area (Å²) in [7, 11) is 4.09. The van der Waals surface area contributed by atoms with Crippen LogP contribution in [0.2, 0.25) is 0 Å². The standard InChI is InChI=1S/C13H22N4OS/c1-16(2)8-10-4-3-7-17(10)13(18)11-9-19-12(15-11)5-6-14/h9-10H,3-8,14H2,1-2H3. The number of thiazole rings is 1. The van der Waals surface area contributed by atoms with Crippen LogP contribution in [0.25, 0.3) is 0 Å². The molecule has 0 aliphatic carbocycles. The van der Waals surface area contributed by atoms with Gasteiger partial charge in [0.2, 0.25) is 0 Å². The average molecular weight is 282 g/mol. The second-order valence-corrected chi connectivity index (χ2v) is 6.16. The second kappa shape index (κ2) is 6.45. The number of carbonyl (C=O) groups excluding carboxylic acids is 1. The number of hydrogen-bond donors (Lipinski definition) is 1. The predicted octanol–water partition coefficient (Wildman–Crippen LogP) is 0.810. The molecule has 0 spiro atoms. The van der Waals surface area contributed by atoms with E-state index in [2.05, 4.69) is 9.88 Å². The number of amides is 1. The lowest BCUT2D eigenvalue weighted by molar-refractivity contribution is 0.0711. The number of likely N-dealkylation sites (N-methyl/N-ethyl adjacent to an activating group) is 1. The van der Waals surface area contributed by atoms with Crippen molar-refractivity contribution in [3.63, 3.8) is 0 Å². The van der Waals surface area contributed by atoms with E-state index < -0.39 is 0 Å². The van der Waals surface area contributed by atoms with Gasteiger partial charge in [0.15, 0.2) is 0 Å². The molecule has 2 heterocycles. The van der Waals surface area contributed by atoms with E-state index in [1.54, 1.807) is 0 Å².